The second kappa shape index (κ2) is 5.98. The highest BCUT2D eigenvalue weighted by Crippen LogP contribution is 2.06. The lowest BCUT2D eigenvalue weighted by atomic mass is 10.1. The van der Waals surface area contributed by atoms with Gasteiger partial charge in [-0.15, -0.1) is 0 Å². The summed E-state index contributed by atoms with van der Waals surface area (Å²) in [5.74, 6) is 0.209. The Bertz CT molecular complexity index is 177. The molecule has 0 aliphatic carbocycles. The van der Waals surface area contributed by atoms with Crippen LogP contribution in [0.5, 0.6) is 0 Å². The van der Waals surface area contributed by atoms with Crippen molar-refractivity contribution in [2.45, 2.75) is 25.8 Å². The molecule has 0 unspecified atom stereocenters. The van der Waals surface area contributed by atoms with Crippen LogP contribution in [0.25, 0.3) is 0 Å². The van der Waals surface area contributed by atoms with Crippen LogP contribution in [-0.4, -0.2) is 50.2 Å². The van der Waals surface area contributed by atoms with E-state index in [1.807, 2.05) is 4.90 Å². The Morgan fingerprint density at radius 3 is 2.64 bits per heavy atom. The molecule has 0 atom stereocenters. The third-order valence-corrected chi connectivity index (χ3v) is 2.81. The van der Waals surface area contributed by atoms with Crippen molar-refractivity contribution in [3.05, 3.63) is 0 Å². The third-order valence-electron chi connectivity index (χ3n) is 2.81. The first-order chi connectivity index (χ1) is 6.74. The highest BCUT2D eigenvalue weighted by atomic mass is 16.5. The molecule has 1 fully saturated rings. The van der Waals surface area contributed by atoms with Crippen LogP contribution in [-0.2, 0) is 9.53 Å². The predicted molar refractivity (Wildman–Crippen MR) is 53.9 cm³/mol. The topological polar surface area (TPSA) is 46.1 Å². The molecule has 1 aliphatic rings. The summed E-state index contributed by atoms with van der Waals surface area (Å²) in [4.78, 5) is 13.0. The van der Waals surface area contributed by atoms with Gasteiger partial charge in [0, 0.05) is 40.0 Å². The number of carbonyl (C=O) groups excluding carboxylic acids is 1. The van der Waals surface area contributed by atoms with Crippen LogP contribution in [0.2, 0.25) is 0 Å². The summed E-state index contributed by atoms with van der Waals surface area (Å²) in [6, 6.07) is 0.681. The van der Waals surface area contributed by atoms with Crippen molar-refractivity contribution in [1.82, 2.24) is 4.90 Å². The number of rotatable bonds is 4. The van der Waals surface area contributed by atoms with Crippen LogP contribution in [0, 0.1) is 0 Å². The van der Waals surface area contributed by atoms with Gasteiger partial charge in [0.15, 0.2) is 0 Å². The standard InChI is InChI=1S/C10H20N2O2/c1-9(13)12-6-3-10(4-7-12)11-5-8-14-2/h10-11H,3-8H2,1-2H3/p+1. The maximum atomic E-state index is 11.1. The molecule has 0 radical (unpaired) electrons. The molecule has 0 aromatic heterocycles. The normalized spacial score (nSPS) is 18.6. The molecule has 1 heterocycles. The molecule has 1 rings (SSSR count). The molecule has 0 bridgehead atoms. The quantitative estimate of drug-likeness (QED) is 0.606. The summed E-state index contributed by atoms with van der Waals surface area (Å²) in [7, 11) is 1.73. The number of methoxy groups -OCH3 is 1. The lowest BCUT2D eigenvalue weighted by molar-refractivity contribution is -0.692. The van der Waals surface area contributed by atoms with Gasteiger partial charge in [0.05, 0.1) is 19.2 Å². The Balaban J connectivity index is 2.12. The molecule has 0 aromatic carbocycles. The molecule has 0 saturated carbocycles. The number of hydrogen-bond donors (Lipinski definition) is 1. The van der Waals surface area contributed by atoms with E-state index in [0.29, 0.717) is 6.04 Å². The molecule has 0 aromatic rings. The van der Waals surface area contributed by atoms with Crippen molar-refractivity contribution in [2.75, 3.05) is 33.4 Å². The minimum absolute atomic E-state index is 0.209. The Hall–Kier alpha value is -0.610. The fourth-order valence-electron chi connectivity index (χ4n) is 1.87. The number of likely N-dealkylation sites (tertiary alicyclic amines) is 1. The largest absolute Gasteiger partial charge is 0.379 e. The van der Waals surface area contributed by atoms with Gasteiger partial charge in [-0.05, 0) is 0 Å². The summed E-state index contributed by atoms with van der Waals surface area (Å²) in [5, 5.41) is 2.33. The van der Waals surface area contributed by atoms with E-state index in [4.69, 9.17) is 4.74 Å². The molecule has 4 heteroatoms. The van der Waals surface area contributed by atoms with Gasteiger partial charge in [-0.1, -0.05) is 0 Å². The monoisotopic (exact) mass is 201 g/mol. The molecule has 82 valence electrons. The number of amides is 1. The van der Waals surface area contributed by atoms with Crippen molar-refractivity contribution in [2.24, 2.45) is 0 Å². The highest BCUT2D eigenvalue weighted by Gasteiger charge is 2.22. The van der Waals surface area contributed by atoms with E-state index in [1.165, 1.54) is 0 Å². The van der Waals surface area contributed by atoms with Crippen LogP contribution in [0.4, 0.5) is 0 Å². The van der Waals surface area contributed by atoms with Crippen molar-refractivity contribution >= 4 is 5.91 Å². The van der Waals surface area contributed by atoms with Crippen molar-refractivity contribution in [3.8, 4) is 0 Å². The number of piperidine rings is 1. The van der Waals surface area contributed by atoms with E-state index < -0.39 is 0 Å². The Kier molecular flexibility index (Phi) is 4.90. The maximum Gasteiger partial charge on any atom is 0.219 e. The van der Waals surface area contributed by atoms with Crippen LogP contribution in [0.1, 0.15) is 19.8 Å². The minimum atomic E-state index is 0.209. The van der Waals surface area contributed by atoms with E-state index in [9.17, 15) is 4.79 Å². The van der Waals surface area contributed by atoms with E-state index in [-0.39, 0.29) is 5.91 Å². The van der Waals surface area contributed by atoms with E-state index in [1.54, 1.807) is 14.0 Å². The fraction of sp³-hybridized carbons (Fsp3) is 0.900. The molecule has 1 saturated heterocycles. The summed E-state index contributed by atoms with van der Waals surface area (Å²) >= 11 is 0. The summed E-state index contributed by atoms with van der Waals surface area (Å²) in [6.45, 7) is 5.33. The molecule has 14 heavy (non-hydrogen) atoms. The Morgan fingerprint density at radius 1 is 1.50 bits per heavy atom. The predicted octanol–water partition coefficient (Wildman–Crippen LogP) is -0.793. The second-order valence-corrected chi connectivity index (χ2v) is 3.86. The zero-order valence-electron chi connectivity index (χ0n) is 9.16. The van der Waals surface area contributed by atoms with Crippen molar-refractivity contribution in [1.29, 1.82) is 0 Å². The van der Waals surface area contributed by atoms with Gasteiger partial charge in [0.1, 0.15) is 0 Å². The number of hydrogen-bond acceptors (Lipinski definition) is 2. The average molecular weight is 201 g/mol. The van der Waals surface area contributed by atoms with Gasteiger partial charge in [-0.25, -0.2) is 0 Å². The first-order valence-corrected chi connectivity index (χ1v) is 5.32. The van der Waals surface area contributed by atoms with Gasteiger partial charge < -0.3 is 15.0 Å². The molecule has 1 amide bonds. The Morgan fingerprint density at radius 2 is 2.14 bits per heavy atom. The van der Waals surface area contributed by atoms with Crippen LogP contribution >= 0.6 is 0 Å². The van der Waals surface area contributed by atoms with Crippen LogP contribution < -0.4 is 5.32 Å². The number of nitrogens with zero attached hydrogens (tertiary/aromatic N) is 1. The number of quaternary nitrogens is 1. The van der Waals surface area contributed by atoms with E-state index in [2.05, 4.69) is 5.32 Å². The smallest absolute Gasteiger partial charge is 0.219 e. The van der Waals surface area contributed by atoms with Crippen LogP contribution in [0.3, 0.4) is 0 Å². The molecular formula is C10H21N2O2+. The first-order valence-electron chi connectivity index (χ1n) is 5.32. The van der Waals surface area contributed by atoms with Gasteiger partial charge in [0.2, 0.25) is 5.91 Å². The minimum Gasteiger partial charge on any atom is -0.379 e. The second-order valence-electron chi connectivity index (χ2n) is 3.86. The van der Waals surface area contributed by atoms with Crippen LogP contribution in [0.15, 0.2) is 0 Å². The lowest BCUT2D eigenvalue weighted by Crippen LogP contribution is -2.91. The van der Waals surface area contributed by atoms with E-state index >= 15 is 0 Å². The summed E-state index contributed by atoms with van der Waals surface area (Å²) in [6.07, 6.45) is 2.23. The van der Waals surface area contributed by atoms with Gasteiger partial charge in [0.25, 0.3) is 0 Å². The average Bonchev–Trinajstić information content (AvgIpc) is 2.19. The molecule has 4 nitrogen and oxygen atoms in total. The fourth-order valence-corrected chi connectivity index (χ4v) is 1.87. The molecule has 1 aliphatic heterocycles. The van der Waals surface area contributed by atoms with Gasteiger partial charge >= 0.3 is 0 Å². The van der Waals surface area contributed by atoms with Crippen molar-refractivity contribution < 1.29 is 14.8 Å². The number of ether oxygens (including phenoxy) is 1. The van der Waals surface area contributed by atoms with Gasteiger partial charge in [-0.2, -0.15) is 0 Å². The zero-order chi connectivity index (χ0) is 10.4. The molecule has 2 N–H and O–H groups in total. The summed E-state index contributed by atoms with van der Waals surface area (Å²) in [5.41, 5.74) is 0. The maximum absolute atomic E-state index is 11.1. The van der Waals surface area contributed by atoms with E-state index in [0.717, 1.165) is 39.1 Å². The number of nitrogens with two attached hydrogens (primary N) is 1. The number of carbonyl (C=O) groups is 1. The third kappa shape index (κ3) is 3.64. The lowest BCUT2D eigenvalue weighted by Gasteiger charge is -2.29. The SMILES string of the molecule is COCC[NH2+]C1CCN(C(C)=O)CC1. The van der Waals surface area contributed by atoms with Gasteiger partial charge in [-0.3, -0.25) is 4.79 Å². The highest BCUT2D eigenvalue weighted by molar-refractivity contribution is 5.73. The summed E-state index contributed by atoms with van der Waals surface area (Å²) < 4.78 is 5.00. The zero-order valence-corrected chi connectivity index (χ0v) is 9.16. The van der Waals surface area contributed by atoms with Crippen molar-refractivity contribution in [3.63, 3.8) is 0 Å². The molecular weight excluding hydrogens is 180 g/mol. The first kappa shape index (κ1) is 11.5. The Labute approximate surface area is 85.6 Å². The molecule has 0 spiro atoms.